The number of ketones is 3. The Balaban J connectivity index is 1.16. The van der Waals surface area contributed by atoms with Gasteiger partial charge in [0.25, 0.3) is 0 Å². The molecule has 3 amide bonds. The van der Waals surface area contributed by atoms with E-state index in [2.05, 4.69) is 16.0 Å². The van der Waals surface area contributed by atoms with E-state index in [0.717, 1.165) is 0 Å². The molecule has 7 atom stereocenters. The number of aromatic hydroxyl groups is 2. The fraction of sp³-hybridized carbons (Fsp3) is 0.390. The molecule has 62 heavy (non-hydrogen) atoms. The van der Waals surface area contributed by atoms with Gasteiger partial charge in [0.1, 0.15) is 48.2 Å². The molecule has 1 saturated heterocycles. The zero-order valence-corrected chi connectivity index (χ0v) is 33.1. The number of carboxylic acid groups (broad SMARTS) is 2. The largest absolute Gasteiger partial charge is 0.507 e. The van der Waals surface area contributed by atoms with Crippen molar-refractivity contribution in [1.29, 1.82) is 0 Å². The number of anilines is 1. The van der Waals surface area contributed by atoms with Gasteiger partial charge in [0.2, 0.25) is 5.78 Å². The Hall–Kier alpha value is -6.65. The van der Waals surface area contributed by atoms with Crippen LogP contribution in [-0.4, -0.2) is 127 Å². The van der Waals surface area contributed by atoms with Crippen LogP contribution in [0.5, 0.6) is 17.2 Å². The Kier molecular flexibility index (Phi) is 13.1. The first-order valence-electron chi connectivity index (χ1n) is 19.1. The van der Waals surface area contributed by atoms with Gasteiger partial charge in [-0.15, -0.1) is 0 Å². The lowest BCUT2D eigenvalue weighted by atomic mass is 9.72. The number of carbonyl (C=O) groups excluding carboxylic acids is 5. The number of carbonyl (C=O) groups is 7. The number of amides is 3. The van der Waals surface area contributed by atoms with Crippen LogP contribution in [0.15, 0.2) is 42.5 Å². The van der Waals surface area contributed by atoms with Crippen LogP contribution in [0.1, 0.15) is 87.2 Å². The van der Waals surface area contributed by atoms with Crippen molar-refractivity contribution in [2.75, 3.05) is 19.0 Å². The van der Waals surface area contributed by atoms with Gasteiger partial charge in [-0.25, -0.2) is 14.4 Å². The highest BCUT2D eigenvalue weighted by atomic mass is 16.7. The molecule has 0 radical (unpaired) electrons. The lowest BCUT2D eigenvalue weighted by Gasteiger charge is -2.42. The summed E-state index contributed by atoms with van der Waals surface area (Å²) in [6.07, 6.45) is -8.62. The van der Waals surface area contributed by atoms with E-state index < -0.39 is 132 Å². The second kappa shape index (κ2) is 18.1. The van der Waals surface area contributed by atoms with Gasteiger partial charge in [-0.3, -0.25) is 19.2 Å². The van der Waals surface area contributed by atoms with Crippen LogP contribution in [0, 0.1) is 0 Å². The molecule has 2 aliphatic carbocycles. The molecule has 21 nitrogen and oxygen atoms in total. The molecule has 5 unspecified atom stereocenters. The fourth-order valence-electron chi connectivity index (χ4n) is 7.74. The van der Waals surface area contributed by atoms with Crippen LogP contribution in [0.3, 0.4) is 0 Å². The summed E-state index contributed by atoms with van der Waals surface area (Å²) in [6.45, 7) is 0.0520. The number of hydrogen-bond acceptors (Lipinski definition) is 16. The average molecular weight is 866 g/mol. The van der Waals surface area contributed by atoms with Gasteiger partial charge in [0.05, 0.1) is 42.0 Å². The number of rotatable bonds is 14. The van der Waals surface area contributed by atoms with Gasteiger partial charge in [-0.2, -0.15) is 0 Å². The minimum atomic E-state index is -2.40. The zero-order chi connectivity index (χ0) is 45.2. The van der Waals surface area contributed by atoms with Crippen molar-refractivity contribution in [3.63, 3.8) is 0 Å². The van der Waals surface area contributed by atoms with Crippen molar-refractivity contribution in [3.05, 3.63) is 81.4 Å². The van der Waals surface area contributed by atoms with E-state index in [9.17, 15) is 64.2 Å². The molecule has 1 aliphatic heterocycles. The molecule has 0 spiro atoms. The number of fused-ring (bicyclic) bond motifs is 3. The molecule has 21 heteroatoms. The number of aliphatic carboxylic acids is 2. The average Bonchev–Trinajstić information content (AvgIpc) is 3.23. The maximum atomic E-state index is 13.9. The van der Waals surface area contributed by atoms with Crippen molar-refractivity contribution in [2.45, 2.75) is 87.9 Å². The summed E-state index contributed by atoms with van der Waals surface area (Å²) >= 11 is 0. The third-order valence-electron chi connectivity index (χ3n) is 10.9. The van der Waals surface area contributed by atoms with Gasteiger partial charge in [0.15, 0.2) is 17.9 Å². The minimum Gasteiger partial charge on any atom is -0.507 e. The number of ether oxygens (including phenoxy) is 4. The number of urea groups is 1. The molecular weight excluding hydrogens is 822 g/mol. The Bertz CT molecular complexity index is 2310. The number of methoxy groups -OCH3 is 1. The third kappa shape index (κ3) is 9.02. The molecule has 1 heterocycles. The summed E-state index contributed by atoms with van der Waals surface area (Å²) < 4.78 is 22.7. The van der Waals surface area contributed by atoms with Gasteiger partial charge in [0, 0.05) is 48.1 Å². The number of benzene rings is 3. The van der Waals surface area contributed by atoms with E-state index in [4.69, 9.17) is 24.1 Å². The molecule has 0 saturated carbocycles. The van der Waals surface area contributed by atoms with Crippen LogP contribution >= 0.6 is 0 Å². The minimum absolute atomic E-state index is 0.0260. The summed E-state index contributed by atoms with van der Waals surface area (Å²) in [5.41, 5.74) is -3.70. The molecule has 3 aromatic carbocycles. The molecule has 3 aliphatic rings. The quantitative estimate of drug-likeness (QED) is 0.0801. The Morgan fingerprint density at radius 3 is 2.31 bits per heavy atom. The van der Waals surface area contributed by atoms with Gasteiger partial charge in [-0.1, -0.05) is 24.3 Å². The van der Waals surface area contributed by atoms with Crippen molar-refractivity contribution in [2.24, 2.45) is 0 Å². The molecule has 0 bridgehead atoms. The summed E-state index contributed by atoms with van der Waals surface area (Å²) in [5, 5.41) is 80.8. The standard InChI is InChI=1S/C41H43N3O18/c1-17-33(49)23(44-40(57)60-16-18-6-8-19(9-7-18)42-39(56)43-22(38(54)55)10-11-27(47)48)12-28(61-17)62-25-14-41(58,26(46)15-45)13-21-30(25)37(53)32-31(35(21)51)34(50)20-4-3-5-24(59-2)29(20)36(32)52/h3-9,17,22-23,25,28,33,45,49,51,53,58H,10-16H2,1-2H3,(H,44,57)(H,47,48)(H,54,55)(H2,42,43,56)/t17?,22?,23?,25-,28?,33?,41-/m0/s1. The number of aliphatic hydroxyl groups is 3. The molecular formula is C41H43N3O18. The molecule has 10 N–H and O–H groups in total. The van der Waals surface area contributed by atoms with E-state index in [1.807, 2.05) is 0 Å². The molecule has 3 aromatic rings. The number of aliphatic hydroxyl groups excluding tert-OH is 2. The van der Waals surface area contributed by atoms with Crippen molar-refractivity contribution < 1.29 is 88.3 Å². The van der Waals surface area contributed by atoms with Crippen LogP contribution in [0.25, 0.3) is 0 Å². The molecule has 330 valence electrons. The first kappa shape index (κ1) is 44.9. The number of phenols is 2. The number of alkyl carbamates (subject to hydrolysis) is 1. The molecule has 6 rings (SSSR count). The van der Waals surface area contributed by atoms with Crippen molar-refractivity contribution in [1.82, 2.24) is 10.6 Å². The zero-order valence-electron chi connectivity index (χ0n) is 33.1. The number of hydrogen-bond donors (Lipinski definition) is 10. The van der Waals surface area contributed by atoms with E-state index in [1.165, 1.54) is 56.5 Å². The van der Waals surface area contributed by atoms with Gasteiger partial charge in [-0.05, 0) is 37.1 Å². The lowest BCUT2D eigenvalue weighted by Crippen LogP contribution is -2.56. The van der Waals surface area contributed by atoms with E-state index >= 15 is 0 Å². The third-order valence-corrected chi connectivity index (χ3v) is 10.9. The highest BCUT2D eigenvalue weighted by Crippen LogP contribution is 2.52. The van der Waals surface area contributed by atoms with Crippen molar-refractivity contribution >= 4 is 47.1 Å². The first-order chi connectivity index (χ1) is 29.4. The number of carboxylic acids is 2. The Morgan fingerprint density at radius 1 is 0.968 bits per heavy atom. The summed E-state index contributed by atoms with van der Waals surface area (Å²) in [7, 11) is 1.28. The monoisotopic (exact) mass is 865 g/mol. The fourth-order valence-corrected chi connectivity index (χ4v) is 7.74. The Labute approximate surface area is 351 Å². The van der Waals surface area contributed by atoms with Crippen LogP contribution < -0.4 is 20.7 Å². The van der Waals surface area contributed by atoms with Gasteiger partial charge >= 0.3 is 24.1 Å². The van der Waals surface area contributed by atoms with Crippen LogP contribution in [0.2, 0.25) is 0 Å². The van der Waals surface area contributed by atoms with Crippen molar-refractivity contribution in [3.8, 4) is 17.2 Å². The summed E-state index contributed by atoms with van der Waals surface area (Å²) in [6, 6.07) is 6.64. The Morgan fingerprint density at radius 2 is 1.66 bits per heavy atom. The molecule has 0 aromatic heterocycles. The van der Waals surface area contributed by atoms with Crippen LogP contribution in [0.4, 0.5) is 15.3 Å². The van der Waals surface area contributed by atoms with Gasteiger partial charge < -0.3 is 70.6 Å². The lowest BCUT2D eigenvalue weighted by molar-refractivity contribution is -0.249. The second-order valence-corrected chi connectivity index (χ2v) is 14.9. The topological polar surface area (TPSA) is 334 Å². The number of nitrogens with one attached hydrogen (secondary N) is 3. The predicted molar refractivity (Wildman–Crippen MR) is 208 cm³/mol. The number of Topliss-reactive ketones (excluding diaryl/α,β-unsaturated/α-hetero) is 1. The SMILES string of the molecule is COc1cccc2c1C(=O)c1c(O)c3c(c(O)c1C2=O)C[C@@](O)(C(=O)CO)C[C@@H]3OC1CC(NC(=O)OCc2ccc(NC(=O)NC(CCC(=O)O)C(=O)O)cc2)C(O)C(C)O1. The van der Waals surface area contributed by atoms with E-state index in [1.54, 1.807) is 0 Å². The smallest absolute Gasteiger partial charge is 0.407 e. The summed E-state index contributed by atoms with van der Waals surface area (Å²) in [5.74, 6) is -6.97. The maximum Gasteiger partial charge on any atom is 0.407 e. The summed E-state index contributed by atoms with van der Waals surface area (Å²) in [4.78, 5) is 88.1. The normalized spacial score (nSPS) is 23.1. The van der Waals surface area contributed by atoms with E-state index in [0.29, 0.717) is 5.56 Å². The first-order valence-corrected chi connectivity index (χ1v) is 19.1. The number of phenolic OH excluding ortho intramolecular Hbond substituents is 2. The molecule has 1 fully saturated rings. The van der Waals surface area contributed by atoms with E-state index in [-0.39, 0.29) is 53.1 Å². The highest BCUT2D eigenvalue weighted by Gasteiger charge is 2.50. The highest BCUT2D eigenvalue weighted by molar-refractivity contribution is 6.31. The predicted octanol–water partition coefficient (Wildman–Crippen LogP) is 1.41. The van der Waals surface area contributed by atoms with Crippen LogP contribution in [-0.2, 0) is 41.6 Å². The maximum absolute atomic E-state index is 13.9. The second-order valence-electron chi connectivity index (χ2n) is 14.9.